The van der Waals surface area contributed by atoms with E-state index in [0.717, 1.165) is 0 Å². The van der Waals surface area contributed by atoms with Gasteiger partial charge in [0, 0.05) is 0 Å². The minimum absolute atomic E-state index is 0.543. The van der Waals surface area contributed by atoms with Crippen LogP contribution in [0.5, 0.6) is 0 Å². The van der Waals surface area contributed by atoms with Gasteiger partial charge in [0.15, 0.2) is 5.71 Å². The summed E-state index contributed by atoms with van der Waals surface area (Å²) in [4.78, 5) is 21.0. The Morgan fingerprint density at radius 2 is 2.15 bits per heavy atom. The lowest BCUT2D eigenvalue weighted by Gasteiger charge is -2.06. The topological polar surface area (TPSA) is 123 Å². The Morgan fingerprint density at radius 3 is 2.54 bits per heavy atom. The standard InChI is InChI=1S/C6H5N3O4/c7-1-2-3(5(10)11)4(6(12)13)9-8-2/h2-3,8H,(H,10,11)(H,12,13). The van der Waals surface area contributed by atoms with Gasteiger partial charge in [-0.05, 0) is 0 Å². The largest absolute Gasteiger partial charge is 0.481 e. The molecule has 2 atom stereocenters. The molecule has 0 amide bonds. The maximum Gasteiger partial charge on any atom is 0.353 e. The highest BCUT2D eigenvalue weighted by Gasteiger charge is 2.41. The van der Waals surface area contributed by atoms with Gasteiger partial charge in [0.1, 0.15) is 12.0 Å². The van der Waals surface area contributed by atoms with Crippen molar-refractivity contribution in [3.8, 4) is 6.07 Å². The number of nitrogens with one attached hydrogen (secondary N) is 1. The fraction of sp³-hybridized carbons (Fsp3) is 0.333. The SMILES string of the molecule is N#CC1NN=C(C(=O)O)C1C(=O)O. The molecule has 0 aromatic carbocycles. The zero-order valence-corrected chi connectivity index (χ0v) is 6.26. The number of hydrogen-bond acceptors (Lipinski definition) is 5. The minimum atomic E-state index is -1.43. The minimum Gasteiger partial charge on any atom is -0.481 e. The molecule has 0 aliphatic carbocycles. The molecule has 7 heteroatoms. The van der Waals surface area contributed by atoms with Crippen molar-refractivity contribution in [2.24, 2.45) is 11.0 Å². The van der Waals surface area contributed by atoms with Crippen LogP contribution >= 0.6 is 0 Å². The van der Waals surface area contributed by atoms with E-state index in [2.05, 4.69) is 10.5 Å². The van der Waals surface area contributed by atoms with Gasteiger partial charge in [-0.2, -0.15) is 10.4 Å². The summed E-state index contributed by atoms with van der Waals surface area (Å²) < 4.78 is 0. The second-order valence-electron chi connectivity index (χ2n) is 2.35. The van der Waals surface area contributed by atoms with Crippen molar-refractivity contribution in [2.75, 3.05) is 0 Å². The van der Waals surface area contributed by atoms with Crippen molar-refractivity contribution < 1.29 is 19.8 Å². The van der Waals surface area contributed by atoms with Crippen molar-refractivity contribution in [1.82, 2.24) is 5.43 Å². The number of carbonyl (C=O) groups is 2. The van der Waals surface area contributed by atoms with Crippen molar-refractivity contribution in [2.45, 2.75) is 6.04 Å². The third kappa shape index (κ3) is 1.41. The Labute approximate surface area is 72.3 Å². The molecular formula is C6H5N3O4. The third-order valence-corrected chi connectivity index (χ3v) is 1.58. The van der Waals surface area contributed by atoms with Crippen LogP contribution in [0.2, 0.25) is 0 Å². The van der Waals surface area contributed by atoms with Gasteiger partial charge in [0.05, 0.1) is 6.07 Å². The molecular weight excluding hydrogens is 178 g/mol. The average Bonchev–Trinajstić information content (AvgIpc) is 2.46. The maximum atomic E-state index is 10.6. The number of hydrogen-bond donors (Lipinski definition) is 3. The quantitative estimate of drug-likeness (QED) is 0.485. The lowest BCUT2D eigenvalue weighted by molar-refractivity contribution is -0.141. The van der Waals surface area contributed by atoms with E-state index in [-0.39, 0.29) is 0 Å². The first-order valence-electron chi connectivity index (χ1n) is 3.26. The second kappa shape index (κ2) is 3.10. The summed E-state index contributed by atoms with van der Waals surface area (Å²) in [5.41, 5.74) is 1.59. The number of hydrazone groups is 1. The Balaban J connectivity index is 2.96. The van der Waals surface area contributed by atoms with Crippen LogP contribution in [0.1, 0.15) is 0 Å². The fourth-order valence-corrected chi connectivity index (χ4v) is 0.985. The molecule has 1 aliphatic heterocycles. The zero-order chi connectivity index (χ0) is 10.0. The van der Waals surface area contributed by atoms with E-state index in [4.69, 9.17) is 15.5 Å². The van der Waals surface area contributed by atoms with Gasteiger partial charge in [-0.1, -0.05) is 0 Å². The molecule has 1 aliphatic rings. The molecule has 1 rings (SSSR count). The lowest BCUT2D eigenvalue weighted by atomic mass is 9.97. The van der Waals surface area contributed by atoms with Gasteiger partial charge < -0.3 is 10.2 Å². The third-order valence-electron chi connectivity index (χ3n) is 1.58. The number of aliphatic carboxylic acids is 2. The Morgan fingerprint density at radius 1 is 1.54 bits per heavy atom. The Hall–Kier alpha value is -2.10. The van der Waals surface area contributed by atoms with E-state index in [1.165, 1.54) is 0 Å². The molecule has 0 saturated carbocycles. The number of nitriles is 1. The molecule has 2 unspecified atom stereocenters. The smallest absolute Gasteiger partial charge is 0.353 e. The lowest BCUT2D eigenvalue weighted by Crippen LogP contribution is -2.36. The van der Waals surface area contributed by atoms with Gasteiger partial charge >= 0.3 is 11.9 Å². The summed E-state index contributed by atoms with van der Waals surface area (Å²) in [7, 11) is 0. The molecule has 1 heterocycles. The van der Waals surface area contributed by atoms with Crippen LogP contribution in [-0.2, 0) is 9.59 Å². The summed E-state index contributed by atoms with van der Waals surface area (Å²) in [5.74, 6) is -4.21. The van der Waals surface area contributed by atoms with Crippen molar-refractivity contribution in [1.29, 1.82) is 5.26 Å². The van der Waals surface area contributed by atoms with E-state index < -0.39 is 29.6 Å². The van der Waals surface area contributed by atoms with Crippen LogP contribution in [0.4, 0.5) is 0 Å². The number of carboxylic acids is 2. The predicted molar refractivity (Wildman–Crippen MR) is 38.7 cm³/mol. The van der Waals surface area contributed by atoms with Gasteiger partial charge in [-0.3, -0.25) is 10.2 Å². The summed E-state index contributed by atoms with van der Waals surface area (Å²) in [5, 5.41) is 28.8. The first-order chi connectivity index (χ1) is 6.07. The zero-order valence-electron chi connectivity index (χ0n) is 6.26. The molecule has 0 aromatic rings. The number of rotatable bonds is 2. The highest BCUT2D eigenvalue weighted by Crippen LogP contribution is 2.13. The van der Waals surface area contributed by atoms with Crippen LogP contribution in [0, 0.1) is 17.2 Å². The fourth-order valence-electron chi connectivity index (χ4n) is 0.985. The highest BCUT2D eigenvalue weighted by atomic mass is 16.4. The molecule has 0 bridgehead atoms. The van der Waals surface area contributed by atoms with E-state index in [1.807, 2.05) is 0 Å². The van der Waals surface area contributed by atoms with Gasteiger partial charge in [-0.15, -0.1) is 0 Å². The number of nitrogens with zero attached hydrogens (tertiary/aromatic N) is 2. The average molecular weight is 183 g/mol. The molecule has 7 nitrogen and oxygen atoms in total. The summed E-state index contributed by atoms with van der Waals surface area (Å²) in [6, 6.07) is 0.503. The van der Waals surface area contributed by atoms with Crippen LogP contribution in [0.15, 0.2) is 5.10 Å². The van der Waals surface area contributed by atoms with Crippen LogP contribution in [-0.4, -0.2) is 33.9 Å². The normalized spacial score (nSPS) is 25.6. The van der Waals surface area contributed by atoms with Crippen LogP contribution in [0.3, 0.4) is 0 Å². The van der Waals surface area contributed by atoms with Gasteiger partial charge in [0.25, 0.3) is 0 Å². The van der Waals surface area contributed by atoms with Crippen molar-refractivity contribution in [3.63, 3.8) is 0 Å². The molecule has 0 fully saturated rings. The molecule has 0 saturated heterocycles. The summed E-state index contributed by atoms with van der Waals surface area (Å²) in [6.45, 7) is 0. The second-order valence-corrected chi connectivity index (χ2v) is 2.35. The van der Waals surface area contributed by atoms with Crippen LogP contribution < -0.4 is 5.43 Å². The van der Waals surface area contributed by atoms with E-state index in [0.29, 0.717) is 0 Å². The molecule has 3 N–H and O–H groups in total. The number of carboxylic acid groups (broad SMARTS) is 2. The van der Waals surface area contributed by atoms with E-state index >= 15 is 0 Å². The molecule has 68 valence electrons. The summed E-state index contributed by atoms with van der Waals surface area (Å²) in [6.07, 6.45) is 0. The first kappa shape index (κ1) is 8.99. The van der Waals surface area contributed by atoms with Crippen molar-refractivity contribution >= 4 is 17.7 Å². The maximum absolute atomic E-state index is 10.6. The van der Waals surface area contributed by atoms with Gasteiger partial charge in [0.2, 0.25) is 0 Å². The molecule has 0 radical (unpaired) electrons. The van der Waals surface area contributed by atoms with Gasteiger partial charge in [-0.25, -0.2) is 4.79 Å². The Bertz CT molecular complexity index is 329. The molecule has 0 aromatic heterocycles. The van der Waals surface area contributed by atoms with E-state index in [9.17, 15) is 9.59 Å². The monoisotopic (exact) mass is 183 g/mol. The first-order valence-corrected chi connectivity index (χ1v) is 3.26. The predicted octanol–water partition coefficient (Wildman–Crippen LogP) is -1.38. The van der Waals surface area contributed by atoms with E-state index in [1.54, 1.807) is 6.07 Å². The highest BCUT2D eigenvalue weighted by molar-refractivity contribution is 6.40. The van der Waals surface area contributed by atoms with Crippen LogP contribution in [0.25, 0.3) is 0 Å². The molecule has 0 spiro atoms. The molecule has 13 heavy (non-hydrogen) atoms. The summed E-state index contributed by atoms with van der Waals surface area (Å²) >= 11 is 0. The Kier molecular flexibility index (Phi) is 2.15. The van der Waals surface area contributed by atoms with Crippen molar-refractivity contribution in [3.05, 3.63) is 0 Å².